The Bertz CT molecular complexity index is 213. The van der Waals surface area contributed by atoms with Crippen LogP contribution in [0.3, 0.4) is 0 Å². The van der Waals surface area contributed by atoms with Crippen molar-refractivity contribution in [2.75, 3.05) is 11.5 Å². The molecular weight excluding hydrogens is 271 g/mol. The Hall–Kier alpha value is 0.890. The molecule has 0 aliphatic carbocycles. The Balaban J connectivity index is 3.55. The molecule has 0 aromatic rings. The van der Waals surface area contributed by atoms with Gasteiger partial charge in [-0.2, -0.15) is 0 Å². The Morgan fingerprint density at radius 1 is 0.941 bits per heavy atom. The third kappa shape index (κ3) is 13.1. The zero-order chi connectivity index (χ0) is 13.3. The maximum atomic E-state index is 11.8. The molecule has 0 aromatic heterocycles. The summed E-state index contributed by atoms with van der Waals surface area (Å²) in [4.78, 5) is 9.73. The van der Waals surface area contributed by atoms with Crippen LogP contribution in [0.5, 0.6) is 0 Å². The first-order valence-corrected chi connectivity index (χ1v) is 11.3. The van der Waals surface area contributed by atoms with Crippen molar-refractivity contribution in [2.45, 2.75) is 53.4 Å². The molecule has 5 heteroatoms. The summed E-state index contributed by atoms with van der Waals surface area (Å²) in [7, 11) is 0. The zero-order valence-corrected chi connectivity index (χ0v) is 14.0. The largest absolute Gasteiger partial charge is 0.329 e. The predicted octanol–water partition coefficient (Wildman–Crippen LogP) is 5.43. The molecule has 0 aliphatic rings. The van der Waals surface area contributed by atoms with Crippen molar-refractivity contribution in [1.29, 1.82) is 0 Å². The highest BCUT2D eigenvalue weighted by atomic mass is 33.1. The molecule has 0 unspecified atom stereocenters. The first-order valence-electron chi connectivity index (χ1n) is 6.45. The van der Waals surface area contributed by atoms with E-state index in [1.807, 2.05) is 0 Å². The van der Waals surface area contributed by atoms with Crippen molar-refractivity contribution in [2.24, 2.45) is 11.8 Å². The van der Waals surface area contributed by atoms with Crippen LogP contribution in [0.1, 0.15) is 53.4 Å². The quantitative estimate of drug-likeness (QED) is 0.431. The minimum absolute atomic E-state index is 0.687. The number of hydrogen-bond donors (Lipinski definition) is 1. The summed E-state index contributed by atoms with van der Waals surface area (Å²) >= 11 is 2.51. The van der Waals surface area contributed by atoms with Gasteiger partial charge in [0.25, 0.3) is 0 Å². The maximum absolute atomic E-state index is 11.8. The van der Waals surface area contributed by atoms with E-state index in [2.05, 4.69) is 27.7 Å². The second-order valence-electron chi connectivity index (χ2n) is 5.21. The monoisotopic (exact) mass is 298 g/mol. The van der Waals surface area contributed by atoms with Crippen molar-refractivity contribution in [3.63, 3.8) is 0 Å². The smallest absolute Gasteiger partial charge is 0.310 e. The van der Waals surface area contributed by atoms with E-state index in [0.717, 1.165) is 37.2 Å². The van der Waals surface area contributed by atoms with E-state index in [4.69, 9.17) is 0 Å². The standard InChI is InChI=1S/C12H27O2PS2/c1-11(2)7-5-9-16-15(13,14)17-10-6-8-12(3)4/h11-12H,5-10H2,1-4H3,(H,13,14). The third-order valence-electron chi connectivity index (χ3n) is 2.36. The Morgan fingerprint density at radius 3 is 1.59 bits per heavy atom. The van der Waals surface area contributed by atoms with Gasteiger partial charge in [-0.1, -0.05) is 63.3 Å². The number of hydrogen-bond acceptors (Lipinski definition) is 3. The van der Waals surface area contributed by atoms with E-state index >= 15 is 0 Å². The van der Waals surface area contributed by atoms with Gasteiger partial charge in [0.05, 0.1) is 0 Å². The van der Waals surface area contributed by atoms with Crippen LogP contribution in [0.25, 0.3) is 0 Å². The van der Waals surface area contributed by atoms with Crippen LogP contribution in [0.15, 0.2) is 0 Å². The van der Waals surface area contributed by atoms with Crippen LogP contribution in [-0.2, 0) is 4.57 Å². The molecule has 0 amide bonds. The summed E-state index contributed by atoms with van der Waals surface area (Å²) in [6, 6.07) is 0. The molecule has 17 heavy (non-hydrogen) atoms. The molecule has 0 rings (SSSR count). The lowest BCUT2D eigenvalue weighted by Gasteiger charge is -2.11. The zero-order valence-electron chi connectivity index (χ0n) is 11.5. The number of rotatable bonds is 10. The summed E-state index contributed by atoms with van der Waals surface area (Å²) in [5.41, 5.74) is 0. The van der Waals surface area contributed by atoms with E-state index < -0.39 is 5.77 Å². The molecule has 0 heterocycles. The van der Waals surface area contributed by atoms with Gasteiger partial charge in [-0.15, -0.1) is 0 Å². The normalized spacial score (nSPS) is 12.6. The van der Waals surface area contributed by atoms with Gasteiger partial charge in [0.15, 0.2) is 0 Å². The lowest BCUT2D eigenvalue weighted by atomic mass is 10.1. The van der Waals surface area contributed by atoms with Crippen LogP contribution >= 0.6 is 28.5 Å². The third-order valence-corrected chi connectivity index (χ3v) is 8.91. The van der Waals surface area contributed by atoms with Crippen LogP contribution in [0.4, 0.5) is 0 Å². The van der Waals surface area contributed by atoms with Gasteiger partial charge in [-0.05, 0) is 24.7 Å². The summed E-state index contributed by atoms with van der Waals surface area (Å²) in [6.45, 7) is 8.74. The highest BCUT2D eigenvalue weighted by molar-refractivity contribution is 8.88. The molecule has 0 aromatic carbocycles. The molecule has 1 N–H and O–H groups in total. The van der Waals surface area contributed by atoms with E-state index in [9.17, 15) is 9.46 Å². The van der Waals surface area contributed by atoms with Crippen molar-refractivity contribution in [1.82, 2.24) is 0 Å². The van der Waals surface area contributed by atoms with E-state index in [0.29, 0.717) is 11.8 Å². The summed E-state index contributed by atoms with van der Waals surface area (Å²) in [5, 5.41) is 0. The van der Waals surface area contributed by atoms with E-state index in [1.54, 1.807) is 0 Å². The molecule has 0 spiro atoms. The summed E-state index contributed by atoms with van der Waals surface area (Å²) in [6.07, 6.45) is 4.37. The fourth-order valence-corrected chi connectivity index (χ4v) is 6.90. The molecule has 0 bridgehead atoms. The molecule has 0 saturated heterocycles. The summed E-state index contributed by atoms with van der Waals surface area (Å²) in [5.74, 6) is 0.0130. The van der Waals surface area contributed by atoms with Crippen molar-refractivity contribution in [3.8, 4) is 0 Å². The van der Waals surface area contributed by atoms with Crippen LogP contribution < -0.4 is 0 Å². The Kier molecular flexibility index (Phi) is 10.3. The first kappa shape index (κ1) is 17.9. The van der Waals surface area contributed by atoms with Crippen molar-refractivity contribution < 1.29 is 9.46 Å². The molecule has 0 fully saturated rings. The van der Waals surface area contributed by atoms with Gasteiger partial charge in [0, 0.05) is 11.5 Å². The maximum Gasteiger partial charge on any atom is 0.310 e. The lowest BCUT2D eigenvalue weighted by molar-refractivity contribution is 0.513. The average molecular weight is 298 g/mol. The van der Waals surface area contributed by atoms with Gasteiger partial charge >= 0.3 is 5.77 Å². The molecule has 2 nitrogen and oxygen atoms in total. The fourth-order valence-electron chi connectivity index (χ4n) is 1.38. The molecular formula is C12H27O2PS2. The van der Waals surface area contributed by atoms with Crippen LogP contribution in [0, 0.1) is 11.8 Å². The Labute approximate surface area is 115 Å². The van der Waals surface area contributed by atoms with E-state index in [1.165, 1.54) is 22.8 Å². The summed E-state index contributed by atoms with van der Waals surface area (Å²) < 4.78 is 11.8. The van der Waals surface area contributed by atoms with Crippen molar-refractivity contribution in [3.05, 3.63) is 0 Å². The second kappa shape index (κ2) is 9.77. The molecule has 0 atom stereocenters. The van der Waals surface area contributed by atoms with Crippen LogP contribution in [-0.4, -0.2) is 16.4 Å². The second-order valence-corrected chi connectivity index (χ2v) is 12.7. The fraction of sp³-hybridized carbons (Fsp3) is 1.00. The minimum Gasteiger partial charge on any atom is -0.329 e. The van der Waals surface area contributed by atoms with Gasteiger partial charge in [0.2, 0.25) is 0 Å². The minimum atomic E-state index is -2.98. The van der Waals surface area contributed by atoms with Crippen LogP contribution in [0.2, 0.25) is 0 Å². The highest BCUT2D eigenvalue weighted by Crippen LogP contribution is 2.65. The van der Waals surface area contributed by atoms with Gasteiger partial charge < -0.3 is 4.89 Å². The van der Waals surface area contributed by atoms with E-state index in [-0.39, 0.29) is 0 Å². The molecule has 0 aliphatic heterocycles. The Morgan fingerprint density at radius 2 is 1.29 bits per heavy atom. The SMILES string of the molecule is CC(C)CCCSP(=O)(O)SCCCC(C)C. The molecule has 0 radical (unpaired) electrons. The predicted molar refractivity (Wildman–Crippen MR) is 82.9 cm³/mol. The topological polar surface area (TPSA) is 37.3 Å². The van der Waals surface area contributed by atoms with Crippen molar-refractivity contribution >= 4 is 28.5 Å². The van der Waals surface area contributed by atoms with Gasteiger partial charge in [0.1, 0.15) is 0 Å². The highest BCUT2D eigenvalue weighted by Gasteiger charge is 2.18. The average Bonchev–Trinajstić information content (AvgIpc) is 2.19. The van der Waals surface area contributed by atoms with Gasteiger partial charge in [-0.25, -0.2) is 0 Å². The molecule has 0 saturated carbocycles. The first-order chi connectivity index (χ1) is 7.83. The lowest BCUT2D eigenvalue weighted by Crippen LogP contribution is -1.90. The van der Waals surface area contributed by atoms with Gasteiger partial charge in [-0.3, -0.25) is 4.57 Å². The molecule has 104 valence electrons.